The maximum atomic E-state index is 12.4. The Morgan fingerprint density at radius 2 is 1.91 bits per heavy atom. The van der Waals surface area contributed by atoms with Crippen LogP contribution in [0.1, 0.15) is 28.6 Å². The molecular formula is C22H24N6O7. The first kappa shape index (κ1) is 24.3. The average molecular weight is 484 g/mol. The second-order valence-corrected chi connectivity index (χ2v) is 7.91. The number of carbonyl (C=O) groups excluding carboxylic acids is 1. The predicted octanol–water partition coefficient (Wildman–Crippen LogP) is -1.64. The highest BCUT2D eigenvalue weighted by Crippen LogP contribution is 2.28. The number of ether oxygens (including phenoxy) is 1. The van der Waals surface area contributed by atoms with E-state index in [-0.39, 0.29) is 24.4 Å². The van der Waals surface area contributed by atoms with Crippen LogP contribution in [0.5, 0.6) is 0 Å². The van der Waals surface area contributed by atoms with E-state index < -0.39 is 42.4 Å². The van der Waals surface area contributed by atoms with Gasteiger partial charge in [-0.2, -0.15) is 0 Å². The fourth-order valence-corrected chi connectivity index (χ4v) is 3.68. The van der Waals surface area contributed by atoms with Gasteiger partial charge in [-0.3, -0.25) is 24.1 Å². The van der Waals surface area contributed by atoms with E-state index in [4.69, 9.17) is 4.74 Å². The number of aromatic amines is 1. The molecule has 0 saturated carbocycles. The van der Waals surface area contributed by atoms with Gasteiger partial charge in [0.1, 0.15) is 24.0 Å². The van der Waals surface area contributed by atoms with Crippen LogP contribution in [0.4, 0.5) is 0 Å². The van der Waals surface area contributed by atoms with E-state index in [2.05, 4.69) is 25.3 Å². The number of pyridine rings is 1. The smallest absolute Gasteiger partial charge is 0.330 e. The van der Waals surface area contributed by atoms with Gasteiger partial charge in [-0.05, 0) is 31.0 Å². The Labute approximate surface area is 198 Å². The monoisotopic (exact) mass is 484 g/mol. The third kappa shape index (κ3) is 5.33. The van der Waals surface area contributed by atoms with Gasteiger partial charge in [0.15, 0.2) is 12.1 Å². The molecule has 3 aromatic heterocycles. The molecule has 0 unspecified atom stereocenters. The lowest BCUT2D eigenvalue weighted by Crippen LogP contribution is -2.39. The summed E-state index contributed by atoms with van der Waals surface area (Å²) in [5, 5.41) is 32.1. The van der Waals surface area contributed by atoms with Gasteiger partial charge in [0.2, 0.25) is 0 Å². The molecule has 1 aliphatic heterocycles. The Morgan fingerprint density at radius 3 is 2.57 bits per heavy atom. The van der Waals surface area contributed by atoms with Crippen molar-refractivity contribution in [1.29, 1.82) is 0 Å². The van der Waals surface area contributed by atoms with Gasteiger partial charge in [0.25, 0.3) is 11.5 Å². The number of hydrogen-bond donors (Lipinski definition) is 5. The van der Waals surface area contributed by atoms with Crippen molar-refractivity contribution in [1.82, 2.24) is 29.8 Å². The fraction of sp³-hybridized carbons (Fsp3) is 0.364. The van der Waals surface area contributed by atoms with Gasteiger partial charge >= 0.3 is 5.69 Å². The molecule has 1 aliphatic rings. The van der Waals surface area contributed by atoms with Crippen LogP contribution in [0, 0.1) is 0 Å². The van der Waals surface area contributed by atoms with Gasteiger partial charge in [0.05, 0.1) is 12.2 Å². The third-order valence-electron chi connectivity index (χ3n) is 5.56. The summed E-state index contributed by atoms with van der Waals surface area (Å²) in [6, 6.07) is 4.94. The molecule has 1 saturated heterocycles. The summed E-state index contributed by atoms with van der Waals surface area (Å²) < 4.78 is 6.33. The largest absolute Gasteiger partial charge is 0.394 e. The zero-order chi connectivity index (χ0) is 24.9. The van der Waals surface area contributed by atoms with Gasteiger partial charge in [-0.1, -0.05) is 0 Å². The zero-order valence-electron chi connectivity index (χ0n) is 18.4. The normalized spacial score (nSPS) is 21.7. The number of hydrogen-bond acceptors (Lipinski definition) is 10. The number of aliphatic hydroxyl groups is 3. The summed E-state index contributed by atoms with van der Waals surface area (Å²) in [7, 11) is 0. The van der Waals surface area contributed by atoms with Crippen molar-refractivity contribution in [3.8, 4) is 11.5 Å². The Hall–Kier alpha value is -3.78. The highest BCUT2D eigenvalue weighted by atomic mass is 16.6. The van der Waals surface area contributed by atoms with Crippen LogP contribution in [0.15, 0.2) is 52.6 Å². The highest BCUT2D eigenvalue weighted by molar-refractivity contribution is 5.94. The van der Waals surface area contributed by atoms with Crippen LogP contribution in [0.25, 0.3) is 11.5 Å². The van der Waals surface area contributed by atoms with Crippen molar-refractivity contribution in [2.24, 2.45) is 0 Å². The van der Waals surface area contributed by atoms with E-state index in [0.717, 1.165) is 4.57 Å². The minimum Gasteiger partial charge on any atom is -0.394 e. The van der Waals surface area contributed by atoms with Gasteiger partial charge in [0, 0.05) is 36.9 Å². The first-order valence-corrected chi connectivity index (χ1v) is 10.9. The molecule has 3 aromatic rings. The van der Waals surface area contributed by atoms with Crippen molar-refractivity contribution in [3.63, 3.8) is 0 Å². The lowest BCUT2D eigenvalue weighted by atomic mass is 10.1. The van der Waals surface area contributed by atoms with E-state index in [1.54, 1.807) is 30.6 Å². The van der Waals surface area contributed by atoms with E-state index in [1.165, 1.54) is 12.4 Å². The SMILES string of the molecule is O=C(NCCCc1cn([C@@H]2O[C@H](CO)[C@@H](O)[C@H]2O)c(=O)[nH]c1=O)c1ccc(-c2ncccn2)nc1. The molecule has 1 fully saturated rings. The summed E-state index contributed by atoms with van der Waals surface area (Å²) in [6.45, 7) is -0.299. The minimum absolute atomic E-state index is 0.216. The number of aromatic nitrogens is 5. The van der Waals surface area contributed by atoms with Crippen molar-refractivity contribution in [3.05, 3.63) is 75.0 Å². The third-order valence-corrected chi connectivity index (χ3v) is 5.56. The molecule has 5 N–H and O–H groups in total. The molecule has 1 amide bonds. The van der Waals surface area contributed by atoms with E-state index in [0.29, 0.717) is 23.5 Å². The maximum absolute atomic E-state index is 12.4. The van der Waals surface area contributed by atoms with Crippen molar-refractivity contribution in [2.75, 3.05) is 13.2 Å². The summed E-state index contributed by atoms with van der Waals surface area (Å²) in [5.41, 5.74) is -0.317. The number of nitrogens with zero attached hydrogens (tertiary/aromatic N) is 4. The van der Waals surface area contributed by atoms with Crippen LogP contribution in [-0.4, -0.2) is 77.2 Å². The summed E-state index contributed by atoms with van der Waals surface area (Å²) >= 11 is 0. The quantitative estimate of drug-likeness (QED) is 0.232. The molecule has 184 valence electrons. The highest BCUT2D eigenvalue weighted by Gasteiger charge is 2.43. The molecule has 35 heavy (non-hydrogen) atoms. The van der Waals surface area contributed by atoms with Crippen LogP contribution in [-0.2, 0) is 11.2 Å². The number of carbonyl (C=O) groups is 1. The molecule has 0 spiro atoms. The Morgan fingerprint density at radius 1 is 1.14 bits per heavy atom. The predicted molar refractivity (Wildman–Crippen MR) is 120 cm³/mol. The molecule has 0 radical (unpaired) electrons. The van der Waals surface area contributed by atoms with Crippen LogP contribution in [0.3, 0.4) is 0 Å². The fourth-order valence-electron chi connectivity index (χ4n) is 3.68. The number of nitrogens with one attached hydrogen (secondary N) is 2. The molecule has 0 aliphatic carbocycles. The van der Waals surface area contributed by atoms with Crippen molar-refractivity contribution in [2.45, 2.75) is 37.4 Å². The molecule has 4 atom stereocenters. The van der Waals surface area contributed by atoms with E-state index in [1.807, 2.05) is 0 Å². The standard InChI is InChI=1S/C22H24N6O7/c29-11-15-16(30)17(31)21(35-15)28-10-13(20(33)27-22(28)34)3-1-6-25-19(32)12-4-5-14(26-9-12)18-23-7-2-8-24-18/h2,4-5,7-10,15-17,21,29-31H,1,3,6,11H2,(H,25,32)(H,27,33,34)/t15-,16-,17-,21-/m1/s1. The van der Waals surface area contributed by atoms with Crippen molar-refractivity contribution < 1.29 is 24.9 Å². The molecule has 4 rings (SSSR count). The molecule has 0 aromatic carbocycles. The number of rotatable bonds is 8. The first-order valence-electron chi connectivity index (χ1n) is 10.9. The van der Waals surface area contributed by atoms with E-state index in [9.17, 15) is 29.7 Å². The molecule has 13 heteroatoms. The second kappa shape index (κ2) is 10.7. The number of aliphatic hydroxyl groups excluding tert-OH is 3. The van der Waals surface area contributed by atoms with Crippen LogP contribution in [0.2, 0.25) is 0 Å². The Bertz CT molecular complexity index is 1280. The van der Waals surface area contributed by atoms with Crippen LogP contribution < -0.4 is 16.6 Å². The molecule has 0 bridgehead atoms. The Balaban J connectivity index is 1.35. The number of aryl methyl sites for hydroxylation is 1. The number of amides is 1. The van der Waals surface area contributed by atoms with Gasteiger partial charge in [-0.25, -0.2) is 14.8 Å². The molecule has 4 heterocycles. The average Bonchev–Trinajstić information content (AvgIpc) is 3.16. The van der Waals surface area contributed by atoms with E-state index >= 15 is 0 Å². The topological polar surface area (TPSA) is 193 Å². The summed E-state index contributed by atoms with van der Waals surface area (Å²) in [5.74, 6) is 0.103. The lowest BCUT2D eigenvalue weighted by Gasteiger charge is -2.18. The molecule has 13 nitrogen and oxygen atoms in total. The Kier molecular flexibility index (Phi) is 7.41. The summed E-state index contributed by atoms with van der Waals surface area (Å²) in [4.78, 5) is 51.4. The van der Waals surface area contributed by atoms with Gasteiger partial charge < -0.3 is 25.4 Å². The zero-order valence-corrected chi connectivity index (χ0v) is 18.4. The van der Waals surface area contributed by atoms with Crippen LogP contribution >= 0.6 is 0 Å². The summed E-state index contributed by atoms with van der Waals surface area (Å²) in [6.07, 6.45) is 1.29. The number of H-pyrrole nitrogens is 1. The minimum atomic E-state index is -1.46. The van der Waals surface area contributed by atoms with Gasteiger partial charge in [-0.15, -0.1) is 0 Å². The molecular weight excluding hydrogens is 460 g/mol. The van der Waals surface area contributed by atoms with Crippen molar-refractivity contribution >= 4 is 5.91 Å². The second-order valence-electron chi connectivity index (χ2n) is 7.91. The first-order chi connectivity index (χ1) is 16.9. The maximum Gasteiger partial charge on any atom is 0.330 e. The lowest BCUT2D eigenvalue weighted by molar-refractivity contribution is -0.0551.